The van der Waals surface area contributed by atoms with Gasteiger partial charge >= 0.3 is 0 Å². The molecular weight excluding hydrogens is 223 g/mol. The van der Waals surface area contributed by atoms with Crippen LogP contribution in [0.1, 0.15) is 5.56 Å². The Morgan fingerprint density at radius 1 is 1.24 bits per heavy atom. The van der Waals surface area contributed by atoms with E-state index in [1.165, 1.54) is 24.3 Å². The summed E-state index contributed by atoms with van der Waals surface area (Å²) < 4.78 is 18.5. The topological polar surface area (TPSA) is 84.8 Å². The molecule has 0 atom stereocenters. The van der Waals surface area contributed by atoms with E-state index in [0.29, 0.717) is 0 Å². The first kappa shape index (κ1) is 10.8. The molecule has 0 unspecified atom stereocenters. The van der Waals surface area contributed by atoms with Gasteiger partial charge in [0.25, 0.3) is 0 Å². The number of aromatic nitrogens is 2. The minimum Gasteiger partial charge on any atom is -0.437 e. The fourth-order valence-electron chi connectivity index (χ4n) is 1.16. The number of nitriles is 1. The minimum atomic E-state index is -0.645. The van der Waals surface area contributed by atoms with E-state index < -0.39 is 5.82 Å². The van der Waals surface area contributed by atoms with Crippen molar-refractivity contribution in [1.82, 2.24) is 10.2 Å². The number of nitrogens with two attached hydrogens (primary N) is 1. The number of benzene rings is 1. The average molecular weight is 230 g/mol. The van der Waals surface area contributed by atoms with Crippen LogP contribution in [0.5, 0.6) is 11.6 Å². The van der Waals surface area contributed by atoms with Gasteiger partial charge in [-0.1, -0.05) is 0 Å². The Morgan fingerprint density at radius 2 is 2.06 bits per heavy atom. The van der Waals surface area contributed by atoms with E-state index in [-0.39, 0.29) is 23.0 Å². The van der Waals surface area contributed by atoms with E-state index in [1.54, 1.807) is 6.07 Å². The van der Waals surface area contributed by atoms with Crippen molar-refractivity contribution < 1.29 is 9.13 Å². The van der Waals surface area contributed by atoms with Gasteiger partial charge in [0, 0.05) is 12.1 Å². The zero-order valence-corrected chi connectivity index (χ0v) is 8.59. The Morgan fingerprint density at radius 3 is 2.65 bits per heavy atom. The molecule has 0 fully saturated rings. The summed E-state index contributed by atoms with van der Waals surface area (Å²) in [6, 6.07) is 8.66. The molecule has 0 aliphatic heterocycles. The Kier molecular flexibility index (Phi) is 2.83. The highest BCUT2D eigenvalue weighted by Gasteiger charge is 2.05. The first-order chi connectivity index (χ1) is 8.19. The molecule has 84 valence electrons. The van der Waals surface area contributed by atoms with Crippen LogP contribution in [0, 0.1) is 17.1 Å². The summed E-state index contributed by atoms with van der Waals surface area (Å²) >= 11 is 0. The van der Waals surface area contributed by atoms with Crippen LogP contribution in [0.2, 0.25) is 0 Å². The van der Waals surface area contributed by atoms with Crippen molar-refractivity contribution in [3.63, 3.8) is 0 Å². The predicted octanol–water partition coefficient (Wildman–Crippen LogP) is 1.86. The first-order valence-corrected chi connectivity index (χ1v) is 4.66. The van der Waals surface area contributed by atoms with E-state index in [4.69, 9.17) is 15.7 Å². The van der Waals surface area contributed by atoms with Gasteiger partial charge in [-0.25, -0.2) is 4.39 Å². The maximum Gasteiger partial charge on any atom is 0.238 e. The predicted molar refractivity (Wildman–Crippen MR) is 57.6 cm³/mol. The molecule has 1 aromatic carbocycles. The molecular formula is C11H7FN4O. The lowest BCUT2D eigenvalue weighted by Crippen LogP contribution is -1.95. The lowest BCUT2D eigenvalue weighted by Gasteiger charge is -2.04. The average Bonchev–Trinajstić information content (AvgIpc) is 2.32. The highest BCUT2D eigenvalue weighted by molar-refractivity contribution is 5.38. The smallest absolute Gasteiger partial charge is 0.238 e. The van der Waals surface area contributed by atoms with Crippen molar-refractivity contribution >= 4 is 5.82 Å². The molecule has 0 amide bonds. The number of nitrogen functional groups attached to an aromatic ring is 1. The summed E-state index contributed by atoms with van der Waals surface area (Å²) in [5.41, 5.74) is 5.32. The van der Waals surface area contributed by atoms with Gasteiger partial charge in [0.2, 0.25) is 5.88 Å². The first-order valence-electron chi connectivity index (χ1n) is 4.66. The summed E-state index contributed by atoms with van der Waals surface area (Å²) in [6.07, 6.45) is 0. The zero-order chi connectivity index (χ0) is 12.3. The Bertz CT molecular complexity index is 577. The summed E-state index contributed by atoms with van der Waals surface area (Å²) in [7, 11) is 0. The molecule has 0 bridgehead atoms. The van der Waals surface area contributed by atoms with Gasteiger partial charge < -0.3 is 10.5 Å². The van der Waals surface area contributed by atoms with Gasteiger partial charge in [-0.3, -0.25) is 0 Å². The molecule has 0 aliphatic rings. The lowest BCUT2D eigenvalue weighted by atomic mass is 10.2. The SMILES string of the molecule is N#Cc1ccc(Oc2ccc(N)nn2)cc1F. The van der Waals surface area contributed by atoms with E-state index in [0.717, 1.165) is 6.07 Å². The number of ether oxygens (including phenoxy) is 1. The third-order valence-electron chi connectivity index (χ3n) is 1.94. The van der Waals surface area contributed by atoms with Gasteiger partial charge in [-0.15, -0.1) is 10.2 Å². The van der Waals surface area contributed by atoms with Gasteiger partial charge in [0.1, 0.15) is 23.5 Å². The van der Waals surface area contributed by atoms with E-state index in [2.05, 4.69) is 10.2 Å². The molecule has 17 heavy (non-hydrogen) atoms. The number of anilines is 1. The van der Waals surface area contributed by atoms with Crippen LogP contribution in [-0.2, 0) is 0 Å². The van der Waals surface area contributed by atoms with Crippen LogP contribution >= 0.6 is 0 Å². The van der Waals surface area contributed by atoms with Crippen LogP contribution in [0.15, 0.2) is 30.3 Å². The fourth-order valence-corrected chi connectivity index (χ4v) is 1.16. The summed E-state index contributed by atoms with van der Waals surface area (Å²) in [5, 5.41) is 15.8. The third-order valence-corrected chi connectivity index (χ3v) is 1.94. The third kappa shape index (κ3) is 2.46. The van der Waals surface area contributed by atoms with Crippen molar-refractivity contribution in [2.75, 3.05) is 5.73 Å². The van der Waals surface area contributed by atoms with Gasteiger partial charge in [-0.2, -0.15) is 5.26 Å². The Hall–Kier alpha value is -2.68. The van der Waals surface area contributed by atoms with Crippen molar-refractivity contribution in [1.29, 1.82) is 5.26 Å². The van der Waals surface area contributed by atoms with Crippen molar-refractivity contribution in [3.05, 3.63) is 41.7 Å². The molecule has 0 saturated heterocycles. The second kappa shape index (κ2) is 4.45. The second-order valence-electron chi connectivity index (χ2n) is 3.15. The van der Waals surface area contributed by atoms with Gasteiger partial charge in [-0.05, 0) is 18.2 Å². The van der Waals surface area contributed by atoms with Crippen molar-refractivity contribution in [2.24, 2.45) is 0 Å². The van der Waals surface area contributed by atoms with Crippen LogP contribution in [0.25, 0.3) is 0 Å². The molecule has 0 aliphatic carbocycles. The minimum absolute atomic E-state index is 0.0410. The van der Waals surface area contributed by atoms with Crippen LogP contribution < -0.4 is 10.5 Å². The molecule has 2 rings (SSSR count). The maximum atomic E-state index is 13.3. The maximum absolute atomic E-state index is 13.3. The highest BCUT2D eigenvalue weighted by atomic mass is 19.1. The van der Waals surface area contributed by atoms with Gasteiger partial charge in [0.15, 0.2) is 0 Å². The molecule has 1 aromatic heterocycles. The Labute approximate surface area is 96.3 Å². The van der Waals surface area contributed by atoms with Crippen LogP contribution in [0.3, 0.4) is 0 Å². The lowest BCUT2D eigenvalue weighted by molar-refractivity contribution is 0.451. The van der Waals surface area contributed by atoms with Gasteiger partial charge in [0.05, 0.1) is 5.56 Å². The van der Waals surface area contributed by atoms with Crippen LogP contribution in [-0.4, -0.2) is 10.2 Å². The standard InChI is InChI=1S/C11H7FN4O/c12-9-5-8(2-1-7(9)6-13)17-11-4-3-10(14)15-16-11/h1-5H,(H2,14,15). The number of hydrogen-bond acceptors (Lipinski definition) is 5. The molecule has 0 saturated carbocycles. The zero-order valence-electron chi connectivity index (χ0n) is 8.59. The number of nitrogens with zero attached hydrogens (tertiary/aromatic N) is 3. The van der Waals surface area contributed by atoms with Crippen LogP contribution in [0.4, 0.5) is 10.2 Å². The quantitative estimate of drug-likeness (QED) is 0.851. The Balaban J connectivity index is 2.22. The molecule has 6 heteroatoms. The fraction of sp³-hybridized carbons (Fsp3) is 0. The van der Waals surface area contributed by atoms with E-state index >= 15 is 0 Å². The van der Waals surface area contributed by atoms with E-state index in [1.807, 2.05) is 0 Å². The molecule has 2 N–H and O–H groups in total. The highest BCUT2D eigenvalue weighted by Crippen LogP contribution is 2.21. The molecule has 0 spiro atoms. The van der Waals surface area contributed by atoms with Crippen molar-refractivity contribution in [2.45, 2.75) is 0 Å². The summed E-state index contributed by atoms with van der Waals surface area (Å²) in [4.78, 5) is 0. The number of hydrogen-bond donors (Lipinski definition) is 1. The number of halogens is 1. The monoisotopic (exact) mass is 230 g/mol. The summed E-state index contributed by atoms with van der Waals surface area (Å²) in [6.45, 7) is 0. The normalized spacial score (nSPS) is 9.65. The largest absolute Gasteiger partial charge is 0.437 e. The second-order valence-corrected chi connectivity index (χ2v) is 3.15. The molecule has 5 nitrogen and oxygen atoms in total. The molecule has 0 radical (unpaired) electrons. The molecule has 2 aromatic rings. The van der Waals surface area contributed by atoms with E-state index in [9.17, 15) is 4.39 Å². The molecule has 1 heterocycles. The number of rotatable bonds is 2. The van der Waals surface area contributed by atoms with Crippen molar-refractivity contribution in [3.8, 4) is 17.7 Å². The summed E-state index contributed by atoms with van der Waals surface area (Å²) in [5.74, 6) is 0.0562.